The van der Waals surface area contributed by atoms with Crippen molar-refractivity contribution in [2.45, 2.75) is 38.6 Å². The van der Waals surface area contributed by atoms with Crippen LogP contribution in [0, 0.1) is 23.6 Å². The molecule has 21 heavy (non-hydrogen) atoms. The van der Waals surface area contributed by atoms with Gasteiger partial charge in [0.15, 0.2) is 0 Å². The van der Waals surface area contributed by atoms with Crippen LogP contribution in [0.2, 0.25) is 0 Å². The average molecular weight is 288 g/mol. The van der Waals surface area contributed by atoms with Gasteiger partial charge in [0.25, 0.3) is 5.91 Å². The summed E-state index contributed by atoms with van der Waals surface area (Å²) in [6.45, 7) is 2.35. The number of benzene rings is 1. The molecule has 2 atom stereocenters. The van der Waals surface area contributed by atoms with E-state index in [1.165, 1.54) is 24.6 Å². The second kappa shape index (κ2) is 7.24. The van der Waals surface area contributed by atoms with Crippen LogP contribution >= 0.6 is 0 Å². The van der Waals surface area contributed by atoms with Crippen LogP contribution in [-0.2, 0) is 0 Å². The van der Waals surface area contributed by atoms with Crippen molar-refractivity contribution in [1.29, 1.82) is 0 Å². The molecule has 3 nitrogen and oxygen atoms in total. The lowest BCUT2D eigenvalue weighted by Gasteiger charge is -2.29. The quantitative estimate of drug-likeness (QED) is 0.821. The number of hydrogen-bond donors (Lipinski definition) is 2. The predicted octanol–water partition coefficient (Wildman–Crippen LogP) is 2.44. The highest BCUT2D eigenvalue weighted by molar-refractivity contribution is 5.97. The summed E-state index contributed by atoms with van der Waals surface area (Å²) in [6, 6.07) is 4.23. The van der Waals surface area contributed by atoms with Crippen molar-refractivity contribution in [3.05, 3.63) is 35.1 Å². The van der Waals surface area contributed by atoms with Gasteiger partial charge in [0.2, 0.25) is 0 Å². The Morgan fingerprint density at radius 2 is 2.19 bits per heavy atom. The monoisotopic (exact) mass is 288 g/mol. The number of nitrogens with one attached hydrogen (secondary N) is 1. The van der Waals surface area contributed by atoms with Gasteiger partial charge in [-0.1, -0.05) is 31.6 Å². The van der Waals surface area contributed by atoms with Crippen molar-refractivity contribution >= 4 is 5.91 Å². The molecule has 0 aromatic heterocycles. The fourth-order valence-electron chi connectivity index (χ4n) is 2.74. The Morgan fingerprint density at radius 3 is 2.90 bits per heavy atom. The molecule has 1 aliphatic rings. The second-order valence-electron chi connectivity index (χ2n) is 5.54. The van der Waals surface area contributed by atoms with Gasteiger partial charge >= 0.3 is 0 Å². The molecule has 3 N–H and O–H groups in total. The van der Waals surface area contributed by atoms with Crippen molar-refractivity contribution < 1.29 is 9.18 Å². The third-order valence-corrected chi connectivity index (χ3v) is 3.98. The van der Waals surface area contributed by atoms with E-state index in [4.69, 9.17) is 5.73 Å². The summed E-state index contributed by atoms with van der Waals surface area (Å²) in [4.78, 5) is 12.4. The molecule has 2 unspecified atom stereocenters. The lowest BCUT2D eigenvalue weighted by Crippen LogP contribution is -2.41. The third-order valence-electron chi connectivity index (χ3n) is 3.98. The highest BCUT2D eigenvalue weighted by atomic mass is 19.1. The number of nitrogens with two attached hydrogens (primary N) is 1. The van der Waals surface area contributed by atoms with E-state index < -0.39 is 5.82 Å². The van der Waals surface area contributed by atoms with E-state index in [0.717, 1.165) is 19.3 Å². The zero-order chi connectivity index (χ0) is 15.2. The van der Waals surface area contributed by atoms with Gasteiger partial charge in [0.1, 0.15) is 5.82 Å². The van der Waals surface area contributed by atoms with Crippen LogP contribution in [0.15, 0.2) is 18.2 Å². The highest BCUT2D eigenvalue weighted by Crippen LogP contribution is 2.24. The zero-order valence-electron chi connectivity index (χ0n) is 12.3. The predicted molar refractivity (Wildman–Crippen MR) is 81.2 cm³/mol. The average Bonchev–Trinajstić information content (AvgIpc) is 2.48. The maximum atomic E-state index is 13.4. The standard InChI is InChI=1S/C17H21FN2O/c1-12-5-2-3-7-16(12)20-17(21)15-11-14(18)9-8-13(15)6-4-10-19/h8-9,11-12,16H,2-3,5,7,10,19H2,1H3,(H,20,21). The van der Waals surface area contributed by atoms with Crippen molar-refractivity contribution in [2.75, 3.05) is 6.54 Å². The molecule has 1 saturated carbocycles. The molecule has 0 bridgehead atoms. The summed E-state index contributed by atoms with van der Waals surface area (Å²) in [6.07, 6.45) is 4.43. The molecular weight excluding hydrogens is 267 g/mol. The molecule has 1 fully saturated rings. The van der Waals surface area contributed by atoms with E-state index in [2.05, 4.69) is 24.1 Å². The summed E-state index contributed by atoms with van der Waals surface area (Å²) >= 11 is 0. The fraction of sp³-hybridized carbons (Fsp3) is 0.471. The number of carbonyl (C=O) groups is 1. The summed E-state index contributed by atoms with van der Waals surface area (Å²) in [5.41, 5.74) is 6.15. The van der Waals surface area contributed by atoms with Crippen LogP contribution in [0.25, 0.3) is 0 Å². The normalized spacial score (nSPS) is 21.3. The molecule has 1 aromatic rings. The number of halogens is 1. The smallest absolute Gasteiger partial charge is 0.252 e. The summed E-state index contributed by atoms with van der Waals surface area (Å²) in [5, 5.41) is 3.02. The number of hydrogen-bond acceptors (Lipinski definition) is 2. The van der Waals surface area contributed by atoms with Crippen molar-refractivity contribution in [2.24, 2.45) is 11.7 Å². The van der Waals surface area contributed by atoms with Gasteiger partial charge in [-0.3, -0.25) is 4.79 Å². The van der Waals surface area contributed by atoms with Crippen molar-refractivity contribution in [3.63, 3.8) is 0 Å². The molecule has 2 rings (SSSR count). The highest BCUT2D eigenvalue weighted by Gasteiger charge is 2.24. The molecule has 0 radical (unpaired) electrons. The van der Waals surface area contributed by atoms with Gasteiger partial charge in [0.05, 0.1) is 12.1 Å². The Hall–Kier alpha value is -1.86. The van der Waals surface area contributed by atoms with Crippen LogP contribution in [0.3, 0.4) is 0 Å². The van der Waals surface area contributed by atoms with E-state index in [9.17, 15) is 9.18 Å². The van der Waals surface area contributed by atoms with E-state index in [-0.39, 0.29) is 24.1 Å². The SMILES string of the molecule is CC1CCCCC1NC(=O)c1cc(F)ccc1C#CCN. The van der Waals surface area contributed by atoms with E-state index >= 15 is 0 Å². The Labute approximate surface area is 125 Å². The first kappa shape index (κ1) is 15.5. The molecule has 112 valence electrons. The number of amides is 1. The van der Waals surface area contributed by atoms with Crippen LogP contribution in [-0.4, -0.2) is 18.5 Å². The van der Waals surface area contributed by atoms with Crippen molar-refractivity contribution in [3.8, 4) is 11.8 Å². The maximum Gasteiger partial charge on any atom is 0.252 e. The van der Waals surface area contributed by atoms with E-state index in [1.807, 2.05) is 0 Å². The maximum absolute atomic E-state index is 13.4. The molecule has 4 heteroatoms. The Bertz CT molecular complexity index is 574. The van der Waals surface area contributed by atoms with Gasteiger partial charge in [-0.25, -0.2) is 4.39 Å². The zero-order valence-corrected chi connectivity index (χ0v) is 12.3. The molecule has 0 aliphatic heterocycles. The Kier molecular flexibility index (Phi) is 5.35. The fourth-order valence-corrected chi connectivity index (χ4v) is 2.74. The van der Waals surface area contributed by atoms with Crippen LogP contribution in [0.1, 0.15) is 48.5 Å². The van der Waals surface area contributed by atoms with Gasteiger partial charge in [0, 0.05) is 11.6 Å². The van der Waals surface area contributed by atoms with E-state index in [0.29, 0.717) is 11.5 Å². The topological polar surface area (TPSA) is 55.1 Å². The Balaban J connectivity index is 2.19. The first-order valence-electron chi connectivity index (χ1n) is 7.41. The van der Waals surface area contributed by atoms with Crippen LogP contribution in [0.4, 0.5) is 4.39 Å². The Morgan fingerprint density at radius 1 is 1.43 bits per heavy atom. The number of rotatable bonds is 2. The third kappa shape index (κ3) is 4.05. The van der Waals surface area contributed by atoms with Gasteiger partial charge in [-0.05, 0) is 37.0 Å². The summed E-state index contributed by atoms with van der Waals surface area (Å²) < 4.78 is 13.4. The molecule has 1 aliphatic carbocycles. The first-order valence-corrected chi connectivity index (χ1v) is 7.41. The molecular formula is C17H21FN2O. The summed E-state index contributed by atoms with van der Waals surface area (Å²) in [5.74, 6) is 5.30. The van der Waals surface area contributed by atoms with Crippen molar-refractivity contribution in [1.82, 2.24) is 5.32 Å². The van der Waals surface area contributed by atoms with E-state index in [1.54, 1.807) is 0 Å². The minimum Gasteiger partial charge on any atom is -0.349 e. The molecule has 0 saturated heterocycles. The van der Waals surface area contributed by atoms with Crippen LogP contribution < -0.4 is 11.1 Å². The number of carbonyl (C=O) groups excluding carboxylic acids is 1. The minimum atomic E-state index is -0.435. The van der Waals surface area contributed by atoms with Gasteiger partial charge in [-0.2, -0.15) is 0 Å². The first-order chi connectivity index (χ1) is 10.1. The molecule has 0 spiro atoms. The van der Waals surface area contributed by atoms with Gasteiger partial charge < -0.3 is 11.1 Å². The summed E-state index contributed by atoms with van der Waals surface area (Å²) in [7, 11) is 0. The molecule has 1 amide bonds. The molecule has 1 aromatic carbocycles. The van der Waals surface area contributed by atoms with Gasteiger partial charge in [-0.15, -0.1) is 0 Å². The lowest BCUT2D eigenvalue weighted by molar-refractivity contribution is 0.0909. The molecule has 0 heterocycles. The minimum absolute atomic E-state index is 0.157. The lowest BCUT2D eigenvalue weighted by atomic mass is 9.85. The van der Waals surface area contributed by atoms with Crippen LogP contribution in [0.5, 0.6) is 0 Å². The second-order valence-corrected chi connectivity index (χ2v) is 5.54. The largest absolute Gasteiger partial charge is 0.349 e.